The van der Waals surface area contributed by atoms with Gasteiger partial charge in [-0.1, -0.05) is 35.9 Å². The topological polar surface area (TPSA) is 48.5 Å². The predicted octanol–water partition coefficient (Wildman–Crippen LogP) is 4.63. The van der Waals surface area contributed by atoms with Gasteiger partial charge >= 0.3 is 6.03 Å². The van der Waals surface area contributed by atoms with E-state index in [1.54, 1.807) is 23.5 Å². The molecule has 1 aliphatic heterocycles. The lowest BCUT2D eigenvalue weighted by atomic mass is 10.2. The van der Waals surface area contributed by atoms with Gasteiger partial charge in [0, 0.05) is 55.2 Å². The smallest absolute Gasteiger partial charge is 0.317 e. The SMILES string of the molecule is O=C(NCc1ccc(F)cc1)N1CCN(Cc2csc(-c3ccc(Cl)cc3)n2)CC1. The standard InChI is InChI=1S/C22H22ClFN4OS/c23-18-5-3-17(4-6-18)21-26-20(15-30-21)14-27-9-11-28(12-10-27)22(29)25-13-16-1-7-19(24)8-2-16/h1-8,15H,9-14H2,(H,25,29). The molecule has 156 valence electrons. The molecule has 1 aliphatic rings. The lowest BCUT2D eigenvalue weighted by Gasteiger charge is -2.34. The van der Waals surface area contributed by atoms with Crippen molar-refractivity contribution in [1.29, 1.82) is 0 Å². The maximum Gasteiger partial charge on any atom is 0.317 e. The summed E-state index contributed by atoms with van der Waals surface area (Å²) in [5.74, 6) is -0.276. The second-order valence-corrected chi connectivity index (χ2v) is 8.49. The van der Waals surface area contributed by atoms with Crippen LogP contribution >= 0.6 is 22.9 Å². The first kappa shape index (κ1) is 20.8. The van der Waals surface area contributed by atoms with Crippen LogP contribution in [-0.4, -0.2) is 47.0 Å². The number of hydrogen-bond donors (Lipinski definition) is 1. The van der Waals surface area contributed by atoms with Gasteiger partial charge in [-0.3, -0.25) is 4.90 Å². The van der Waals surface area contributed by atoms with E-state index in [9.17, 15) is 9.18 Å². The van der Waals surface area contributed by atoms with Crippen LogP contribution in [0.5, 0.6) is 0 Å². The number of benzene rings is 2. The molecule has 5 nitrogen and oxygen atoms in total. The molecule has 1 N–H and O–H groups in total. The molecular weight excluding hydrogens is 423 g/mol. The number of carbonyl (C=O) groups excluding carboxylic acids is 1. The fourth-order valence-electron chi connectivity index (χ4n) is 3.33. The number of aromatic nitrogens is 1. The molecule has 2 aromatic carbocycles. The van der Waals surface area contributed by atoms with Gasteiger partial charge in [-0.2, -0.15) is 0 Å². The van der Waals surface area contributed by atoms with E-state index in [1.807, 2.05) is 29.2 Å². The number of hydrogen-bond acceptors (Lipinski definition) is 4. The largest absolute Gasteiger partial charge is 0.334 e. The molecule has 0 saturated carbocycles. The van der Waals surface area contributed by atoms with E-state index in [2.05, 4.69) is 15.6 Å². The van der Waals surface area contributed by atoms with Crippen LogP contribution in [0.2, 0.25) is 5.02 Å². The van der Waals surface area contributed by atoms with E-state index in [0.717, 1.165) is 46.5 Å². The highest BCUT2D eigenvalue weighted by atomic mass is 35.5. The van der Waals surface area contributed by atoms with Gasteiger partial charge in [0.15, 0.2) is 0 Å². The van der Waals surface area contributed by atoms with E-state index >= 15 is 0 Å². The average Bonchev–Trinajstić information content (AvgIpc) is 3.22. The fraction of sp³-hybridized carbons (Fsp3) is 0.273. The Kier molecular flexibility index (Phi) is 6.62. The zero-order chi connectivity index (χ0) is 20.9. The molecule has 0 aliphatic carbocycles. The Balaban J connectivity index is 1.24. The summed E-state index contributed by atoms with van der Waals surface area (Å²) in [6, 6.07) is 13.8. The minimum absolute atomic E-state index is 0.0855. The third-order valence-electron chi connectivity index (χ3n) is 5.05. The number of amides is 2. The second-order valence-electron chi connectivity index (χ2n) is 7.20. The van der Waals surface area contributed by atoms with Crippen molar-refractivity contribution in [2.24, 2.45) is 0 Å². The quantitative estimate of drug-likeness (QED) is 0.624. The molecule has 1 saturated heterocycles. The van der Waals surface area contributed by atoms with Gasteiger partial charge in [-0.05, 0) is 29.8 Å². The van der Waals surface area contributed by atoms with Crippen molar-refractivity contribution in [1.82, 2.24) is 20.1 Å². The van der Waals surface area contributed by atoms with Crippen LogP contribution in [0.15, 0.2) is 53.9 Å². The van der Waals surface area contributed by atoms with Crippen molar-refractivity contribution in [2.45, 2.75) is 13.1 Å². The van der Waals surface area contributed by atoms with Crippen LogP contribution in [-0.2, 0) is 13.1 Å². The number of nitrogens with one attached hydrogen (secondary N) is 1. The number of carbonyl (C=O) groups is 1. The Hall–Kier alpha value is -2.48. The maximum absolute atomic E-state index is 13.0. The van der Waals surface area contributed by atoms with E-state index in [4.69, 9.17) is 16.6 Å². The number of urea groups is 1. The number of nitrogens with zero attached hydrogens (tertiary/aromatic N) is 3. The van der Waals surface area contributed by atoms with E-state index < -0.39 is 0 Å². The number of thiazole rings is 1. The summed E-state index contributed by atoms with van der Waals surface area (Å²) in [5.41, 5.74) is 2.99. The van der Waals surface area contributed by atoms with Gasteiger partial charge in [0.1, 0.15) is 10.8 Å². The summed E-state index contributed by atoms with van der Waals surface area (Å²) >= 11 is 7.58. The molecule has 8 heteroatoms. The number of halogens is 2. The lowest BCUT2D eigenvalue weighted by Crippen LogP contribution is -2.51. The highest BCUT2D eigenvalue weighted by Gasteiger charge is 2.21. The fourth-order valence-corrected chi connectivity index (χ4v) is 4.28. The number of rotatable bonds is 5. The zero-order valence-electron chi connectivity index (χ0n) is 16.4. The van der Waals surface area contributed by atoms with Gasteiger partial charge in [0.2, 0.25) is 0 Å². The maximum atomic E-state index is 13.0. The van der Waals surface area contributed by atoms with Gasteiger partial charge in [0.05, 0.1) is 5.69 Å². The molecular formula is C22H22ClFN4OS. The highest BCUT2D eigenvalue weighted by Crippen LogP contribution is 2.25. The molecule has 2 heterocycles. The monoisotopic (exact) mass is 444 g/mol. The normalized spacial score (nSPS) is 14.7. The molecule has 0 atom stereocenters. The van der Waals surface area contributed by atoms with Crippen LogP contribution in [0, 0.1) is 5.82 Å². The third-order valence-corrected chi connectivity index (χ3v) is 6.24. The summed E-state index contributed by atoms with van der Waals surface area (Å²) < 4.78 is 13.0. The van der Waals surface area contributed by atoms with Crippen molar-refractivity contribution >= 4 is 29.0 Å². The molecule has 0 unspecified atom stereocenters. The van der Waals surface area contributed by atoms with E-state index in [1.165, 1.54) is 12.1 Å². The molecule has 2 amide bonds. The summed E-state index contributed by atoms with van der Waals surface area (Å²) in [5, 5.41) is 6.70. The summed E-state index contributed by atoms with van der Waals surface area (Å²) in [4.78, 5) is 21.3. The van der Waals surface area contributed by atoms with Crippen LogP contribution in [0.3, 0.4) is 0 Å². The summed E-state index contributed by atoms with van der Waals surface area (Å²) in [6.45, 7) is 4.11. The first-order valence-corrected chi connectivity index (χ1v) is 11.0. The van der Waals surface area contributed by atoms with E-state index in [0.29, 0.717) is 19.6 Å². The molecule has 0 bridgehead atoms. The molecule has 30 heavy (non-hydrogen) atoms. The second kappa shape index (κ2) is 9.55. The lowest BCUT2D eigenvalue weighted by molar-refractivity contribution is 0.134. The molecule has 0 radical (unpaired) electrons. The third kappa shape index (κ3) is 5.36. The summed E-state index contributed by atoms with van der Waals surface area (Å²) in [6.07, 6.45) is 0. The van der Waals surface area contributed by atoms with Crippen molar-refractivity contribution in [3.8, 4) is 10.6 Å². The summed E-state index contributed by atoms with van der Waals surface area (Å²) in [7, 11) is 0. The van der Waals surface area contributed by atoms with Crippen LogP contribution < -0.4 is 5.32 Å². The van der Waals surface area contributed by atoms with Crippen LogP contribution in [0.25, 0.3) is 10.6 Å². The van der Waals surface area contributed by atoms with E-state index in [-0.39, 0.29) is 11.8 Å². The van der Waals surface area contributed by atoms with Gasteiger partial charge in [0.25, 0.3) is 0 Å². The Labute approximate surface area is 184 Å². The van der Waals surface area contributed by atoms with Crippen molar-refractivity contribution in [2.75, 3.05) is 26.2 Å². The van der Waals surface area contributed by atoms with Crippen molar-refractivity contribution < 1.29 is 9.18 Å². The highest BCUT2D eigenvalue weighted by molar-refractivity contribution is 7.13. The Morgan fingerprint density at radius 1 is 1.07 bits per heavy atom. The molecule has 3 aromatic rings. The zero-order valence-corrected chi connectivity index (χ0v) is 17.9. The Morgan fingerprint density at radius 3 is 2.47 bits per heavy atom. The predicted molar refractivity (Wildman–Crippen MR) is 118 cm³/mol. The molecule has 1 aromatic heterocycles. The number of piperazine rings is 1. The Bertz CT molecular complexity index is 985. The minimum atomic E-state index is -0.276. The van der Waals surface area contributed by atoms with Crippen LogP contribution in [0.1, 0.15) is 11.3 Å². The molecule has 1 fully saturated rings. The van der Waals surface area contributed by atoms with Gasteiger partial charge in [-0.25, -0.2) is 14.2 Å². The average molecular weight is 445 g/mol. The van der Waals surface area contributed by atoms with Crippen LogP contribution in [0.4, 0.5) is 9.18 Å². The van der Waals surface area contributed by atoms with Gasteiger partial charge in [-0.15, -0.1) is 11.3 Å². The first-order chi connectivity index (χ1) is 14.6. The van der Waals surface area contributed by atoms with Gasteiger partial charge < -0.3 is 10.2 Å². The van der Waals surface area contributed by atoms with Crippen molar-refractivity contribution in [3.05, 3.63) is 76.0 Å². The molecule has 0 spiro atoms. The van der Waals surface area contributed by atoms with Crippen molar-refractivity contribution in [3.63, 3.8) is 0 Å². The minimum Gasteiger partial charge on any atom is -0.334 e. The first-order valence-electron chi connectivity index (χ1n) is 9.77. The molecule has 4 rings (SSSR count). The Morgan fingerprint density at radius 2 is 1.77 bits per heavy atom.